The van der Waals surface area contributed by atoms with Gasteiger partial charge in [-0.2, -0.15) is 31.8 Å². The molecule has 2 aliphatic rings. The molecule has 0 spiro atoms. The molecular formula is C27H28N6O7S2. The molecule has 1 aliphatic carbocycles. The molecule has 42 heavy (non-hydrogen) atoms. The molecule has 220 valence electrons. The van der Waals surface area contributed by atoms with Gasteiger partial charge in [0.2, 0.25) is 11.9 Å². The highest BCUT2D eigenvalue weighted by Crippen LogP contribution is 2.40. The van der Waals surface area contributed by atoms with Crippen molar-refractivity contribution in [3.05, 3.63) is 96.1 Å². The predicted molar refractivity (Wildman–Crippen MR) is 158 cm³/mol. The van der Waals surface area contributed by atoms with Gasteiger partial charge in [-0.15, -0.1) is 4.28 Å². The van der Waals surface area contributed by atoms with E-state index in [9.17, 15) is 21.4 Å². The van der Waals surface area contributed by atoms with Crippen LogP contribution in [0, 0.1) is 0 Å². The maximum Gasteiger partial charge on any atom is 0.315 e. The van der Waals surface area contributed by atoms with Gasteiger partial charge < -0.3 is 15.0 Å². The summed E-state index contributed by atoms with van der Waals surface area (Å²) in [4.78, 5) is 14.7. The predicted octanol–water partition coefficient (Wildman–Crippen LogP) is 3.31. The summed E-state index contributed by atoms with van der Waals surface area (Å²) < 4.78 is 70.8. The second kappa shape index (κ2) is 12.4. The maximum atomic E-state index is 13.7. The zero-order valence-corrected chi connectivity index (χ0v) is 23.8. The molecule has 3 aromatic rings. The molecule has 3 N–H and O–H groups in total. The number of hydrogen-bond acceptors (Lipinski definition) is 12. The smallest absolute Gasteiger partial charge is 0.315 e. The quantitative estimate of drug-likeness (QED) is 0.225. The lowest BCUT2D eigenvalue weighted by Crippen LogP contribution is -2.49. The second-order valence-corrected chi connectivity index (χ2v) is 12.9. The first kappa shape index (κ1) is 29.3. The van der Waals surface area contributed by atoms with Crippen molar-refractivity contribution < 1.29 is 30.4 Å². The van der Waals surface area contributed by atoms with Crippen molar-refractivity contribution in [2.75, 3.05) is 42.0 Å². The fourth-order valence-electron chi connectivity index (χ4n) is 4.38. The van der Waals surface area contributed by atoms with E-state index in [1.54, 1.807) is 42.5 Å². The standard InChI is InChI=1S/C27H28N6O7S2/c34-41(35,36)27(16-8-7-11-22(27)15-14-21-9-3-1-4-10-21)42(37,38)40-32-25-29-24(28-23-12-5-2-6-13-23)30-26(31-25)33-17-19-39-20-18-33/h1-15H,16-20H2,(H,34,35,36)(H2,28,29,30,31,32). The van der Waals surface area contributed by atoms with Gasteiger partial charge in [0.15, 0.2) is 0 Å². The Labute approximate surface area is 243 Å². The summed E-state index contributed by atoms with van der Waals surface area (Å²) in [5.74, 6) is -0.0138. The SMILES string of the molecule is O=S(=O)(O)C1(S(=O)(=O)ONc2nc(Nc3ccccc3)nc(N3CCOCC3)n2)CC=CC=C1C=Cc1ccccc1. The summed E-state index contributed by atoms with van der Waals surface area (Å²) in [7, 11) is -10.4. The summed E-state index contributed by atoms with van der Waals surface area (Å²) in [6, 6.07) is 17.9. The number of aromatic nitrogens is 3. The molecule has 1 aromatic heterocycles. The molecule has 2 heterocycles. The highest BCUT2D eigenvalue weighted by Gasteiger charge is 2.58. The monoisotopic (exact) mass is 612 g/mol. The number of morpholine rings is 1. The van der Waals surface area contributed by atoms with Gasteiger partial charge in [-0.3, -0.25) is 4.55 Å². The Morgan fingerprint density at radius 3 is 2.26 bits per heavy atom. The number of ether oxygens (including phenoxy) is 1. The van der Waals surface area contributed by atoms with Crippen molar-refractivity contribution in [3.63, 3.8) is 0 Å². The van der Waals surface area contributed by atoms with Gasteiger partial charge in [0.05, 0.1) is 13.2 Å². The molecule has 1 atom stereocenters. The molecule has 2 aromatic carbocycles. The first-order valence-electron chi connectivity index (χ1n) is 12.9. The van der Waals surface area contributed by atoms with Gasteiger partial charge in [-0.25, -0.2) is 5.48 Å². The molecule has 0 saturated carbocycles. The Hall–Kier alpha value is -4.15. The minimum Gasteiger partial charge on any atom is -0.378 e. The lowest BCUT2D eigenvalue weighted by Gasteiger charge is -2.31. The van der Waals surface area contributed by atoms with E-state index in [2.05, 4.69) is 25.7 Å². The van der Waals surface area contributed by atoms with Crippen molar-refractivity contribution in [2.24, 2.45) is 0 Å². The fourth-order valence-corrected chi connectivity index (χ4v) is 7.30. The van der Waals surface area contributed by atoms with Gasteiger partial charge in [0.1, 0.15) is 0 Å². The van der Waals surface area contributed by atoms with E-state index in [-0.39, 0.29) is 23.4 Å². The van der Waals surface area contributed by atoms with Gasteiger partial charge >= 0.3 is 10.1 Å². The van der Waals surface area contributed by atoms with E-state index < -0.39 is 30.7 Å². The van der Waals surface area contributed by atoms with Crippen LogP contribution in [0.5, 0.6) is 0 Å². The number of para-hydroxylation sites is 1. The molecule has 1 fully saturated rings. The topological polar surface area (TPSA) is 173 Å². The molecule has 0 bridgehead atoms. The first-order chi connectivity index (χ1) is 20.2. The molecule has 15 heteroatoms. The van der Waals surface area contributed by atoms with E-state index in [1.807, 2.05) is 23.1 Å². The van der Waals surface area contributed by atoms with Crippen LogP contribution in [0.15, 0.2) is 90.5 Å². The number of allylic oxidation sites excluding steroid dienone is 4. The zero-order valence-electron chi connectivity index (χ0n) is 22.2. The average molecular weight is 613 g/mol. The van der Waals surface area contributed by atoms with Gasteiger partial charge in [0.25, 0.3) is 20.1 Å². The van der Waals surface area contributed by atoms with E-state index in [1.165, 1.54) is 30.4 Å². The second-order valence-electron chi connectivity index (χ2n) is 9.24. The summed E-state index contributed by atoms with van der Waals surface area (Å²) in [5, 5.41) is 3.03. The largest absolute Gasteiger partial charge is 0.378 e. The third kappa shape index (κ3) is 6.34. The van der Waals surface area contributed by atoms with Crippen LogP contribution in [0.4, 0.5) is 23.5 Å². The van der Waals surface area contributed by atoms with Crippen LogP contribution in [0.25, 0.3) is 6.08 Å². The number of nitrogens with one attached hydrogen (secondary N) is 2. The Balaban J connectivity index is 1.47. The zero-order chi connectivity index (χ0) is 29.6. The van der Waals surface area contributed by atoms with Crippen molar-refractivity contribution >= 4 is 49.8 Å². The van der Waals surface area contributed by atoms with E-state index >= 15 is 0 Å². The normalized spacial score (nSPS) is 19.5. The molecule has 1 unspecified atom stereocenters. The van der Waals surface area contributed by atoms with E-state index in [0.29, 0.717) is 37.6 Å². The lowest BCUT2D eigenvalue weighted by atomic mass is 10.0. The highest BCUT2D eigenvalue weighted by atomic mass is 32.3. The molecule has 0 amide bonds. The van der Waals surface area contributed by atoms with Crippen molar-refractivity contribution in [1.82, 2.24) is 15.0 Å². The number of nitrogens with zero attached hydrogens (tertiary/aromatic N) is 4. The average Bonchev–Trinajstić information content (AvgIpc) is 3.00. The van der Waals surface area contributed by atoms with Crippen LogP contribution >= 0.6 is 0 Å². The number of benzene rings is 2. The summed E-state index contributed by atoms with van der Waals surface area (Å²) >= 11 is 0. The molecule has 0 radical (unpaired) electrons. The van der Waals surface area contributed by atoms with Gasteiger partial charge in [-0.05, 0) is 23.3 Å². The van der Waals surface area contributed by atoms with E-state index in [0.717, 1.165) is 0 Å². The van der Waals surface area contributed by atoms with Crippen LogP contribution in [-0.4, -0.2) is 66.7 Å². The van der Waals surface area contributed by atoms with E-state index in [4.69, 9.17) is 9.02 Å². The lowest BCUT2D eigenvalue weighted by molar-refractivity contribution is 0.122. The van der Waals surface area contributed by atoms with Crippen molar-refractivity contribution in [2.45, 2.75) is 10.5 Å². The van der Waals surface area contributed by atoms with Gasteiger partial charge in [0, 0.05) is 25.2 Å². The summed E-state index contributed by atoms with van der Waals surface area (Å²) in [6.45, 7) is 1.84. The maximum absolute atomic E-state index is 13.7. The third-order valence-electron chi connectivity index (χ3n) is 6.50. The minimum atomic E-state index is -5.29. The van der Waals surface area contributed by atoms with Gasteiger partial charge in [-0.1, -0.05) is 78.9 Å². The van der Waals surface area contributed by atoms with Crippen LogP contribution < -0.4 is 15.7 Å². The Bertz CT molecular complexity index is 1710. The van der Waals surface area contributed by atoms with Crippen molar-refractivity contribution in [1.29, 1.82) is 0 Å². The van der Waals surface area contributed by atoms with Crippen LogP contribution in [0.2, 0.25) is 0 Å². The van der Waals surface area contributed by atoms with Crippen LogP contribution in [0.3, 0.4) is 0 Å². The van der Waals surface area contributed by atoms with Crippen LogP contribution in [-0.2, 0) is 29.3 Å². The van der Waals surface area contributed by atoms with Crippen LogP contribution in [0.1, 0.15) is 12.0 Å². The van der Waals surface area contributed by atoms with Crippen molar-refractivity contribution in [3.8, 4) is 0 Å². The number of hydrogen-bond donors (Lipinski definition) is 3. The molecule has 5 rings (SSSR count). The minimum absolute atomic E-state index is 0.0812. The summed E-state index contributed by atoms with van der Waals surface area (Å²) in [5.41, 5.74) is 3.32. The Morgan fingerprint density at radius 2 is 1.57 bits per heavy atom. The fraction of sp³-hybridized carbons (Fsp3) is 0.222. The molecular weight excluding hydrogens is 584 g/mol. The summed E-state index contributed by atoms with van der Waals surface area (Å²) in [6.07, 6.45) is 6.36. The Morgan fingerprint density at radius 1 is 0.905 bits per heavy atom. The molecule has 1 saturated heterocycles. The molecule has 1 aliphatic heterocycles. The highest BCUT2D eigenvalue weighted by molar-refractivity contribution is 8.06. The molecule has 13 nitrogen and oxygen atoms in total. The Kier molecular flexibility index (Phi) is 8.65. The first-order valence-corrected chi connectivity index (χ1v) is 15.7. The number of anilines is 4. The third-order valence-corrected chi connectivity index (χ3v) is 10.5. The number of rotatable bonds is 10.